The van der Waals surface area contributed by atoms with Gasteiger partial charge in [0.1, 0.15) is 26.2 Å². The second kappa shape index (κ2) is 11.6. The number of amides is 2. The van der Waals surface area contributed by atoms with Gasteiger partial charge in [-0.2, -0.15) is 0 Å². The Hall–Kier alpha value is -2.70. The van der Waals surface area contributed by atoms with E-state index in [2.05, 4.69) is 17.6 Å². The fourth-order valence-corrected chi connectivity index (χ4v) is 4.15. The van der Waals surface area contributed by atoms with Gasteiger partial charge in [0.05, 0.1) is 0 Å². The highest BCUT2D eigenvalue weighted by Gasteiger charge is 2.36. The molecule has 6 heteroatoms. The van der Waals surface area contributed by atoms with E-state index in [1.54, 1.807) is 0 Å². The smallest absolute Gasteiger partial charge is 0.287 e. The number of carbonyl (C=O) groups excluding carboxylic acids is 2. The van der Waals surface area contributed by atoms with Crippen LogP contribution in [0.25, 0.3) is 0 Å². The van der Waals surface area contributed by atoms with Gasteiger partial charge in [0.15, 0.2) is 12.6 Å². The van der Waals surface area contributed by atoms with E-state index in [1.165, 1.54) is 15.4 Å². The van der Waals surface area contributed by atoms with Gasteiger partial charge in [-0.15, -0.1) is 0 Å². The maximum Gasteiger partial charge on any atom is 0.287 e. The van der Waals surface area contributed by atoms with Crippen molar-refractivity contribution < 1.29 is 19.4 Å². The minimum absolute atomic E-state index is 0.0193. The normalized spacial score (nSPS) is 19.4. The highest BCUT2D eigenvalue weighted by molar-refractivity contribution is 5.94. The molecule has 4 N–H and O–H groups in total. The van der Waals surface area contributed by atoms with Crippen LogP contribution in [-0.2, 0) is 9.59 Å². The number of benzene rings is 2. The molecule has 0 saturated carbocycles. The Morgan fingerprint density at radius 3 is 2.29 bits per heavy atom. The largest absolute Gasteiger partial charge is 0.351 e. The predicted octanol–water partition coefficient (Wildman–Crippen LogP) is 0.375. The van der Waals surface area contributed by atoms with Crippen LogP contribution in [0.3, 0.4) is 0 Å². The molecule has 1 fully saturated rings. The summed E-state index contributed by atoms with van der Waals surface area (Å²) in [5.41, 5.74) is 3.02. The zero-order valence-electron chi connectivity index (χ0n) is 18.7. The van der Waals surface area contributed by atoms with Crippen LogP contribution in [0.2, 0.25) is 0 Å². The van der Waals surface area contributed by atoms with Crippen LogP contribution in [0.1, 0.15) is 36.9 Å². The summed E-state index contributed by atoms with van der Waals surface area (Å²) in [6.07, 6.45) is 2.11. The third-order valence-corrected chi connectivity index (χ3v) is 5.98. The Morgan fingerprint density at radius 2 is 1.65 bits per heavy atom. The Morgan fingerprint density at radius 1 is 0.968 bits per heavy atom. The van der Waals surface area contributed by atoms with Gasteiger partial charge in [0.2, 0.25) is 0 Å². The van der Waals surface area contributed by atoms with Crippen molar-refractivity contribution in [3.8, 4) is 0 Å². The van der Waals surface area contributed by atoms with Gasteiger partial charge in [-0.3, -0.25) is 9.59 Å². The molecule has 0 radical (unpaired) electrons. The summed E-state index contributed by atoms with van der Waals surface area (Å²) in [5, 5.41) is 6.12. The van der Waals surface area contributed by atoms with E-state index in [0.717, 1.165) is 56.8 Å². The number of quaternary nitrogens is 2. The first-order valence-corrected chi connectivity index (χ1v) is 11.4. The number of hydrogen-bond acceptors (Lipinski definition) is 2. The Kier molecular flexibility index (Phi) is 8.62. The molecular weight excluding hydrogens is 388 g/mol. The van der Waals surface area contributed by atoms with Crippen molar-refractivity contribution in [2.24, 2.45) is 0 Å². The van der Waals surface area contributed by atoms with Crippen molar-refractivity contribution in [2.75, 3.05) is 44.6 Å². The number of anilines is 1. The average molecular weight is 425 g/mol. The summed E-state index contributed by atoms with van der Waals surface area (Å²) in [6, 6.07) is 17.7. The standard InChI is InChI=1S/C25H34N4O2/c1-3-4-14-26-23(30)19-28-15-17-29(18-16-28)24(21-8-6-5-7-9-21)25(31)27-22-12-10-20(2)11-13-22/h5-13,24H,3-4,14-19H2,1-2H3,(H,26,30)(H,27,31)/p+2/t24-/m1/s1. The van der Waals surface area contributed by atoms with Gasteiger partial charge < -0.3 is 20.4 Å². The second-order valence-corrected chi connectivity index (χ2v) is 8.49. The molecule has 2 aromatic rings. The molecule has 3 rings (SSSR count). The zero-order chi connectivity index (χ0) is 22.1. The number of aryl methyl sites for hydroxylation is 1. The molecule has 31 heavy (non-hydrogen) atoms. The van der Waals surface area contributed by atoms with Crippen LogP contribution in [-0.4, -0.2) is 51.1 Å². The van der Waals surface area contributed by atoms with E-state index in [9.17, 15) is 9.59 Å². The number of nitrogens with one attached hydrogen (secondary N) is 4. The Balaban J connectivity index is 1.62. The molecule has 1 heterocycles. The summed E-state index contributed by atoms with van der Waals surface area (Å²) in [7, 11) is 0. The van der Waals surface area contributed by atoms with Gasteiger partial charge in [-0.05, 0) is 25.5 Å². The molecule has 0 spiro atoms. The fourth-order valence-electron chi connectivity index (χ4n) is 4.15. The molecule has 2 amide bonds. The number of unbranched alkanes of at least 4 members (excludes halogenated alkanes) is 1. The molecule has 0 aliphatic carbocycles. The first-order valence-electron chi connectivity index (χ1n) is 11.4. The van der Waals surface area contributed by atoms with Crippen molar-refractivity contribution in [1.29, 1.82) is 0 Å². The lowest BCUT2D eigenvalue weighted by Crippen LogP contribution is -3.28. The van der Waals surface area contributed by atoms with Crippen molar-refractivity contribution in [2.45, 2.75) is 32.7 Å². The van der Waals surface area contributed by atoms with Gasteiger partial charge in [-0.1, -0.05) is 61.4 Å². The highest BCUT2D eigenvalue weighted by Crippen LogP contribution is 2.14. The highest BCUT2D eigenvalue weighted by atomic mass is 16.2. The van der Waals surface area contributed by atoms with Crippen LogP contribution in [0.5, 0.6) is 0 Å². The van der Waals surface area contributed by atoms with Crippen LogP contribution in [0, 0.1) is 6.92 Å². The second-order valence-electron chi connectivity index (χ2n) is 8.49. The van der Waals surface area contributed by atoms with Crippen molar-refractivity contribution in [3.63, 3.8) is 0 Å². The van der Waals surface area contributed by atoms with E-state index in [0.29, 0.717) is 6.54 Å². The number of hydrogen-bond donors (Lipinski definition) is 4. The van der Waals surface area contributed by atoms with Crippen molar-refractivity contribution in [3.05, 3.63) is 65.7 Å². The van der Waals surface area contributed by atoms with Crippen molar-refractivity contribution in [1.82, 2.24) is 5.32 Å². The Labute approximate surface area is 185 Å². The minimum atomic E-state index is -0.262. The molecule has 1 saturated heterocycles. The maximum atomic E-state index is 13.3. The third-order valence-electron chi connectivity index (χ3n) is 5.98. The zero-order valence-corrected chi connectivity index (χ0v) is 18.7. The summed E-state index contributed by atoms with van der Waals surface area (Å²) in [5.74, 6) is 0.148. The third kappa shape index (κ3) is 6.91. The van der Waals surface area contributed by atoms with E-state index in [4.69, 9.17) is 0 Å². The lowest BCUT2D eigenvalue weighted by molar-refractivity contribution is -1.02. The van der Waals surface area contributed by atoms with Gasteiger partial charge in [0, 0.05) is 17.8 Å². The first kappa shape index (κ1) is 23.0. The average Bonchev–Trinajstić information content (AvgIpc) is 2.78. The predicted molar refractivity (Wildman–Crippen MR) is 123 cm³/mol. The van der Waals surface area contributed by atoms with E-state index < -0.39 is 0 Å². The number of piperazine rings is 1. The molecule has 1 aliphatic heterocycles. The SMILES string of the molecule is CCCCNC(=O)C[NH+]1CC[NH+]([C@@H](C(=O)Nc2ccc(C)cc2)c2ccccc2)CC1. The van der Waals surface area contributed by atoms with Gasteiger partial charge >= 0.3 is 0 Å². The molecular formula is C25H36N4O2+2. The number of rotatable bonds is 9. The van der Waals surface area contributed by atoms with E-state index in [-0.39, 0.29) is 17.9 Å². The summed E-state index contributed by atoms with van der Waals surface area (Å²) >= 11 is 0. The molecule has 0 unspecified atom stereocenters. The van der Waals surface area contributed by atoms with E-state index >= 15 is 0 Å². The summed E-state index contributed by atoms with van der Waals surface area (Å²) in [4.78, 5) is 28.0. The molecule has 6 nitrogen and oxygen atoms in total. The van der Waals surface area contributed by atoms with Gasteiger partial charge in [-0.25, -0.2) is 0 Å². The molecule has 0 aromatic heterocycles. The van der Waals surface area contributed by atoms with Gasteiger partial charge in [0.25, 0.3) is 11.8 Å². The van der Waals surface area contributed by atoms with Crippen LogP contribution in [0.4, 0.5) is 5.69 Å². The summed E-state index contributed by atoms with van der Waals surface area (Å²) < 4.78 is 0. The minimum Gasteiger partial charge on any atom is -0.351 e. The topological polar surface area (TPSA) is 67.1 Å². The lowest BCUT2D eigenvalue weighted by atomic mass is 10.0. The maximum absolute atomic E-state index is 13.3. The van der Waals surface area contributed by atoms with E-state index in [1.807, 2.05) is 61.5 Å². The first-order chi connectivity index (χ1) is 15.1. The van der Waals surface area contributed by atoms with Crippen molar-refractivity contribution >= 4 is 17.5 Å². The molecule has 2 aromatic carbocycles. The van der Waals surface area contributed by atoms with Crippen LogP contribution < -0.4 is 20.4 Å². The lowest BCUT2D eigenvalue weighted by Gasteiger charge is -2.34. The monoisotopic (exact) mass is 424 g/mol. The number of carbonyl (C=O) groups is 2. The fraction of sp³-hybridized carbons (Fsp3) is 0.440. The molecule has 0 bridgehead atoms. The molecule has 166 valence electrons. The van der Waals surface area contributed by atoms with Crippen LogP contribution in [0.15, 0.2) is 54.6 Å². The summed E-state index contributed by atoms with van der Waals surface area (Å²) in [6.45, 7) is 8.93. The Bertz CT molecular complexity index is 830. The molecule has 1 aliphatic rings. The quantitative estimate of drug-likeness (QED) is 0.440. The van der Waals surface area contributed by atoms with Crippen LogP contribution >= 0.6 is 0 Å². The molecule has 1 atom stereocenters.